The van der Waals surface area contributed by atoms with Gasteiger partial charge in [0.2, 0.25) is 0 Å². The van der Waals surface area contributed by atoms with E-state index in [-0.39, 0.29) is 44.0 Å². The zero-order chi connectivity index (χ0) is 34.1. The fourth-order valence-corrected chi connectivity index (χ4v) is 6.68. The summed E-state index contributed by atoms with van der Waals surface area (Å²) in [5.74, 6) is -1.39. The number of hydrogen-bond donors (Lipinski definition) is 5. The van der Waals surface area contributed by atoms with Gasteiger partial charge in [0.15, 0.2) is 9.84 Å². The molecule has 0 unspecified atom stereocenters. The third-order valence-electron chi connectivity index (χ3n) is 6.10. The molecule has 1 amide bonds. The molecule has 4 rings (SSSR count). The number of nitrogens with two attached hydrogens (primary N) is 1. The van der Waals surface area contributed by atoms with Crippen LogP contribution in [0.15, 0.2) is 97.7 Å². The zero-order valence-corrected chi connectivity index (χ0v) is 26.1. The molecule has 0 spiro atoms. The van der Waals surface area contributed by atoms with Crippen molar-refractivity contribution in [1.29, 1.82) is 0 Å². The number of carbonyl (C=O) groups is 1. The van der Waals surface area contributed by atoms with E-state index in [4.69, 9.17) is 10.3 Å². The smallest absolute Gasteiger partial charge is 0.396 e. The number of nitrogens with zero attached hydrogens (tertiary/aromatic N) is 2. The number of anilines is 2. The summed E-state index contributed by atoms with van der Waals surface area (Å²) in [5.41, 5.74) is 5.92. The van der Waals surface area contributed by atoms with Crippen molar-refractivity contribution in [2.75, 3.05) is 23.4 Å². The first-order chi connectivity index (χ1) is 21.2. The van der Waals surface area contributed by atoms with Crippen LogP contribution in [0.1, 0.15) is 10.4 Å². The third kappa shape index (κ3) is 8.46. The number of nitrogens with one attached hydrogen (secondary N) is 1. The van der Waals surface area contributed by atoms with E-state index < -0.39 is 68.5 Å². The maximum Gasteiger partial charge on any atom is 0.397 e. The zero-order valence-electron chi connectivity index (χ0n) is 22.9. The topological polar surface area (TPSA) is 286 Å². The van der Waals surface area contributed by atoms with E-state index in [1.807, 2.05) is 0 Å². The molecule has 21 heteroatoms. The van der Waals surface area contributed by atoms with Gasteiger partial charge in [-0.2, -0.15) is 30.4 Å². The van der Waals surface area contributed by atoms with Gasteiger partial charge in [-0.25, -0.2) is 12.6 Å². The molecule has 4 aromatic carbocycles. The number of nitrogen functional groups attached to an aromatic ring is 1. The second-order valence-electron chi connectivity index (χ2n) is 9.26. The second-order valence-corrected chi connectivity index (χ2v) is 15.3. The summed E-state index contributed by atoms with van der Waals surface area (Å²) in [6.45, 7) is -0.808. The maximum absolute atomic E-state index is 12.8. The fraction of sp³-hybridized carbons (Fsp3) is 0.0800. The van der Waals surface area contributed by atoms with Crippen molar-refractivity contribution in [3.05, 3.63) is 78.4 Å². The molecule has 46 heavy (non-hydrogen) atoms. The Labute approximate surface area is 262 Å². The predicted octanol–water partition coefficient (Wildman–Crippen LogP) is 3.18. The highest BCUT2D eigenvalue weighted by Crippen LogP contribution is 2.38. The molecule has 0 heterocycles. The van der Waals surface area contributed by atoms with E-state index in [0.29, 0.717) is 0 Å². The van der Waals surface area contributed by atoms with Crippen LogP contribution in [-0.4, -0.2) is 65.6 Å². The van der Waals surface area contributed by atoms with Gasteiger partial charge in [-0.05, 0) is 60.7 Å². The quantitative estimate of drug-likeness (QED) is 0.0847. The first-order valence-electron chi connectivity index (χ1n) is 12.3. The monoisotopic (exact) mass is 714 g/mol. The number of sulfone groups is 1. The summed E-state index contributed by atoms with van der Waals surface area (Å²) in [4.78, 5) is 11.4. The highest BCUT2D eigenvalue weighted by Gasteiger charge is 2.21. The van der Waals surface area contributed by atoms with Crippen molar-refractivity contribution >= 4 is 79.9 Å². The molecule has 0 aliphatic rings. The summed E-state index contributed by atoms with van der Waals surface area (Å²) in [6.07, 6.45) is 0. The molecule has 0 saturated carbocycles. The predicted molar refractivity (Wildman–Crippen MR) is 163 cm³/mol. The normalized spacial score (nSPS) is 12.8. The minimum Gasteiger partial charge on any atom is -0.396 e. The van der Waals surface area contributed by atoms with E-state index in [2.05, 4.69) is 19.7 Å². The molecule has 6 N–H and O–H groups in total. The largest absolute Gasteiger partial charge is 0.397 e. The number of amides is 1. The van der Waals surface area contributed by atoms with E-state index >= 15 is 0 Å². The molecular formula is C25H22N4O13S4. The summed E-state index contributed by atoms with van der Waals surface area (Å²) in [6, 6.07) is 14.2. The van der Waals surface area contributed by atoms with E-state index in [1.165, 1.54) is 36.4 Å². The average Bonchev–Trinajstić information content (AvgIpc) is 2.95. The molecule has 0 saturated heterocycles. The van der Waals surface area contributed by atoms with E-state index in [1.54, 1.807) is 0 Å². The summed E-state index contributed by atoms with van der Waals surface area (Å²) < 4.78 is 125. The highest BCUT2D eigenvalue weighted by molar-refractivity contribution is 7.91. The van der Waals surface area contributed by atoms with Gasteiger partial charge in [0.1, 0.15) is 10.6 Å². The molecule has 0 bridgehead atoms. The summed E-state index contributed by atoms with van der Waals surface area (Å²) in [7, 11) is -18.3. The molecule has 17 nitrogen and oxygen atoms in total. The third-order valence-corrected chi connectivity index (χ3v) is 10.0. The standard InChI is InChI=1S/C25H22N4O13S4/c26-24-21-13-19(44(33,34)35)8-9-20(21)23(45(36,37)38)14-22(24)29-28-17-3-1-2-15(12-17)25(30)27-16-4-6-18(7-5-16)43(31,32)11-10-42-46(39,40)41/h1-9,12-14H,10-11,26H2,(H,27,30)(H,33,34,35)(H,36,37,38)(H,39,40,41). The Hall–Kier alpha value is -4.35. The molecule has 244 valence electrons. The highest BCUT2D eigenvalue weighted by atomic mass is 32.3. The van der Waals surface area contributed by atoms with Crippen molar-refractivity contribution in [2.24, 2.45) is 10.2 Å². The minimum absolute atomic E-state index is 0.0680. The van der Waals surface area contributed by atoms with Gasteiger partial charge in [0.25, 0.3) is 26.1 Å². The lowest BCUT2D eigenvalue weighted by atomic mass is 10.1. The van der Waals surface area contributed by atoms with Crippen LogP contribution < -0.4 is 11.1 Å². The van der Waals surface area contributed by atoms with Gasteiger partial charge in [-0.3, -0.25) is 18.5 Å². The number of azo groups is 1. The van der Waals surface area contributed by atoms with Crippen molar-refractivity contribution in [3.8, 4) is 0 Å². The Morgan fingerprint density at radius 2 is 1.41 bits per heavy atom. The fourth-order valence-electron chi connectivity index (χ4n) is 3.97. The lowest BCUT2D eigenvalue weighted by molar-refractivity contribution is 0.102. The van der Waals surface area contributed by atoms with E-state index in [9.17, 15) is 47.6 Å². The van der Waals surface area contributed by atoms with Crippen LogP contribution in [0.25, 0.3) is 10.8 Å². The molecule has 0 aliphatic heterocycles. The summed E-state index contributed by atoms with van der Waals surface area (Å²) in [5, 5.41) is 10.1. The van der Waals surface area contributed by atoms with Crippen LogP contribution in [0.4, 0.5) is 22.7 Å². The Bertz CT molecular complexity index is 2330. The van der Waals surface area contributed by atoms with Crippen molar-refractivity contribution < 1.29 is 56.3 Å². The number of carbonyl (C=O) groups excluding carboxylic acids is 1. The van der Waals surface area contributed by atoms with Gasteiger partial charge in [-0.1, -0.05) is 12.1 Å². The molecular weight excluding hydrogens is 693 g/mol. The Morgan fingerprint density at radius 1 is 0.761 bits per heavy atom. The maximum atomic E-state index is 12.8. The Balaban J connectivity index is 1.56. The lowest BCUT2D eigenvalue weighted by Crippen LogP contribution is -2.15. The van der Waals surface area contributed by atoms with Crippen LogP contribution in [-0.2, 0) is 44.7 Å². The van der Waals surface area contributed by atoms with Crippen LogP contribution >= 0.6 is 0 Å². The van der Waals surface area contributed by atoms with Crippen molar-refractivity contribution in [2.45, 2.75) is 14.7 Å². The molecule has 0 fully saturated rings. The first-order valence-corrected chi connectivity index (χ1v) is 18.2. The minimum atomic E-state index is -4.86. The van der Waals surface area contributed by atoms with Crippen LogP contribution in [0.5, 0.6) is 0 Å². The van der Waals surface area contributed by atoms with Crippen LogP contribution in [0.2, 0.25) is 0 Å². The molecule has 0 atom stereocenters. The summed E-state index contributed by atoms with van der Waals surface area (Å²) >= 11 is 0. The average molecular weight is 715 g/mol. The van der Waals surface area contributed by atoms with Crippen LogP contribution in [0, 0.1) is 0 Å². The van der Waals surface area contributed by atoms with Gasteiger partial charge < -0.3 is 11.1 Å². The Kier molecular flexibility index (Phi) is 9.61. The number of rotatable bonds is 11. The van der Waals surface area contributed by atoms with Gasteiger partial charge in [-0.15, -0.1) is 5.11 Å². The number of hydrogen-bond acceptors (Lipinski definition) is 13. The van der Waals surface area contributed by atoms with Gasteiger partial charge in [0, 0.05) is 22.0 Å². The van der Waals surface area contributed by atoms with E-state index in [0.717, 1.165) is 36.4 Å². The molecule has 0 aliphatic carbocycles. The van der Waals surface area contributed by atoms with Gasteiger partial charge >= 0.3 is 10.4 Å². The second kappa shape index (κ2) is 12.8. The van der Waals surface area contributed by atoms with Crippen molar-refractivity contribution in [3.63, 3.8) is 0 Å². The number of fused-ring (bicyclic) bond motifs is 1. The Morgan fingerprint density at radius 3 is 2.02 bits per heavy atom. The first kappa shape index (κ1) is 34.5. The molecule has 0 radical (unpaired) electrons. The van der Waals surface area contributed by atoms with Crippen LogP contribution in [0.3, 0.4) is 0 Å². The van der Waals surface area contributed by atoms with Gasteiger partial charge in [0.05, 0.1) is 33.5 Å². The van der Waals surface area contributed by atoms with Crippen molar-refractivity contribution in [1.82, 2.24) is 0 Å². The number of benzene rings is 4. The lowest BCUT2D eigenvalue weighted by Gasteiger charge is -2.10. The SMILES string of the molecule is Nc1c(N=Nc2cccc(C(=O)Nc3ccc(S(=O)(=O)CCOS(=O)(=O)O)cc3)c2)cc(S(=O)(=O)O)c2ccc(S(=O)(=O)O)cc12. The molecule has 0 aromatic heterocycles. The molecule has 4 aromatic rings.